The number of amides is 2. The number of likely N-dealkylation sites (tertiary alicyclic amines) is 1. The van der Waals surface area contributed by atoms with Crippen molar-refractivity contribution >= 4 is 45.0 Å². The fraction of sp³-hybridized carbons (Fsp3) is 0.286. The maximum atomic E-state index is 12.8. The number of aromatic nitrogens is 1. The van der Waals surface area contributed by atoms with Crippen LogP contribution in [0.3, 0.4) is 0 Å². The molecule has 0 radical (unpaired) electrons. The number of nitrogens with zero attached hydrogens (tertiary/aromatic N) is 2. The number of para-hydroxylation sites is 1. The van der Waals surface area contributed by atoms with Crippen LogP contribution in [0.2, 0.25) is 5.02 Å². The van der Waals surface area contributed by atoms with E-state index in [2.05, 4.69) is 11.4 Å². The Morgan fingerprint density at radius 3 is 2.79 bits per heavy atom. The minimum atomic E-state index is -0.262. The van der Waals surface area contributed by atoms with Crippen LogP contribution in [-0.2, 0) is 4.79 Å². The third kappa shape index (κ3) is 3.88. The second-order valence-electron chi connectivity index (χ2n) is 6.75. The zero-order valence-electron chi connectivity index (χ0n) is 15.2. The average Bonchev–Trinajstić information content (AvgIpc) is 3.34. The van der Waals surface area contributed by atoms with Crippen LogP contribution in [0.5, 0.6) is 0 Å². The fourth-order valence-electron chi connectivity index (χ4n) is 3.52. The van der Waals surface area contributed by atoms with Gasteiger partial charge in [-0.15, -0.1) is 11.3 Å². The molecule has 0 aliphatic carbocycles. The van der Waals surface area contributed by atoms with E-state index in [1.807, 2.05) is 23.1 Å². The highest BCUT2D eigenvalue weighted by atomic mass is 35.5. The summed E-state index contributed by atoms with van der Waals surface area (Å²) in [4.78, 5) is 31.6. The molecule has 0 spiro atoms. The Morgan fingerprint density at radius 2 is 1.96 bits per heavy atom. The van der Waals surface area contributed by atoms with Crippen LogP contribution < -0.4 is 5.32 Å². The number of hydrogen-bond donors (Lipinski definition) is 1. The van der Waals surface area contributed by atoms with Gasteiger partial charge in [0.25, 0.3) is 5.91 Å². The molecule has 3 aromatic rings. The van der Waals surface area contributed by atoms with E-state index in [1.165, 1.54) is 0 Å². The third-order valence-electron chi connectivity index (χ3n) is 4.91. The third-order valence-corrected chi connectivity index (χ3v) is 6.38. The van der Waals surface area contributed by atoms with Gasteiger partial charge in [-0.25, -0.2) is 4.98 Å². The Balaban J connectivity index is 1.37. The van der Waals surface area contributed by atoms with Gasteiger partial charge in [0.15, 0.2) is 0 Å². The molecule has 0 unspecified atom stereocenters. The lowest BCUT2D eigenvalue weighted by Crippen LogP contribution is -2.34. The summed E-state index contributed by atoms with van der Waals surface area (Å²) in [5.74, 6) is -0.219. The largest absolute Gasteiger partial charge is 0.351 e. The van der Waals surface area contributed by atoms with Crippen molar-refractivity contribution in [3.05, 3.63) is 64.1 Å². The molecule has 1 aliphatic rings. The lowest BCUT2D eigenvalue weighted by Gasteiger charge is -2.23. The lowest BCUT2D eigenvalue weighted by atomic mass is 10.2. The highest BCUT2D eigenvalue weighted by molar-refractivity contribution is 7.18. The number of rotatable bonds is 5. The molecule has 1 aromatic heterocycles. The Bertz CT molecular complexity index is 987. The first-order valence-corrected chi connectivity index (χ1v) is 10.5. The summed E-state index contributed by atoms with van der Waals surface area (Å²) in [5.41, 5.74) is 1.40. The molecule has 1 atom stereocenters. The molecule has 5 nitrogen and oxygen atoms in total. The first kappa shape index (κ1) is 18.9. The summed E-state index contributed by atoms with van der Waals surface area (Å²) in [5, 5.41) is 4.18. The summed E-state index contributed by atoms with van der Waals surface area (Å²) in [7, 11) is 0. The predicted octanol–water partition coefficient (Wildman–Crippen LogP) is 4.43. The van der Waals surface area contributed by atoms with Gasteiger partial charge in [-0.3, -0.25) is 9.59 Å². The Morgan fingerprint density at radius 1 is 1.18 bits per heavy atom. The van der Waals surface area contributed by atoms with Gasteiger partial charge in [0.1, 0.15) is 5.01 Å². The Hall–Kier alpha value is -2.44. The molecule has 7 heteroatoms. The van der Waals surface area contributed by atoms with Crippen LogP contribution in [0.15, 0.2) is 48.5 Å². The first-order valence-electron chi connectivity index (χ1n) is 9.31. The molecular formula is C21H20ClN3O2S. The number of nitrogens with one attached hydrogen (secondary N) is 1. The molecule has 4 rings (SSSR count). The normalized spacial score (nSPS) is 16.5. The molecule has 1 N–H and O–H groups in total. The van der Waals surface area contributed by atoms with Crippen molar-refractivity contribution in [1.29, 1.82) is 0 Å². The van der Waals surface area contributed by atoms with E-state index in [-0.39, 0.29) is 30.8 Å². The second kappa shape index (κ2) is 8.29. The van der Waals surface area contributed by atoms with Gasteiger partial charge in [0, 0.05) is 19.5 Å². The van der Waals surface area contributed by atoms with Crippen molar-refractivity contribution in [2.24, 2.45) is 0 Å². The molecule has 1 aliphatic heterocycles. The van der Waals surface area contributed by atoms with Crippen LogP contribution in [0, 0.1) is 0 Å². The number of fused-ring (bicyclic) bond motifs is 1. The number of halogens is 1. The maximum absolute atomic E-state index is 12.8. The topological polar surface area (TPSA) is 62.3 Å². The van der Waals surface area contributed by atoms with Crippen molar-refractivity contribution in [2.75, 3.05) is 13.1 Å². The Labute approximate surface area is 172 Å². The van der Waals surface area contributed by atoms with E-state index in [4.69, 9.17) is 16.6 Å². The highest BCUT2D eigenvalue weighted by Crippen LogP contribution is 2.36. The van der Waals surface area contributed by atoms with Crippen molar-refractivity contribution < 1.29 is 9.59 Å². The van der Waals surface area contributed by atoms with E-state index >= 15 is 0 Å². The molecule has 2 heterocycles. The molecule has 1 fully saturated rings. The van der Waals surface area contributed by atoms with E-state index < -0.39 is 0 Å². The number of hydrogen-bond acceptors (Lipinski definition) is 4. The minimum Gasteiger partial charge on any atom is -0.351 e. The van der Waals surface area contributed by atoms with Gasteiger partial charge < -0.3 is 10.2 Å². The molecule has 1 saturated heterocycles. The zero-order valence-corrected chi connectivity index (χ0v) is 16.8. The number of benzene rings is 2. The van der Waals surface area contributed by atoms with E-state index in [9.17, 15) is 9.59 Å². The zero-order chi connectivity index (χ0) is 19.5. The number of carbonyl (C=O) groups excluding carboxylic acids is 2. The standard InChI is InChI=1S/C21H20ClN3O2S/c22-15-7-2-1-6-14(15)20(27)23-12-11-19(26)25-13-5-9-17(25)21-24-16-8-3-4-10-18(16)28-21/h1-4,6-8,10,17H,5,9,11-13H2,(H,23,27)/t17-/m1/s1. The smallest absolute Gasteiger partial charge is 0.252 e. The van der Waals surface area contributed by atoms with E-state index in [1.54, 1.807) is 35.6 Å². The van der Waals surface area contributed by atoms with Crippen LogP contribution in [0.25, 0.3) is 10.2 Å². The van der Waals surface area contributed by atoms with Crippen LogP contribution in [-0.4, -0.2) is 34.8 Å². The van der Waals surface area contributed by atoms with Crippen molar-refractivity contribution in [3.63, 3.8) is 0 Å². The maximum Gasteiger partial charge on any atom is 0.252 e. The molecule has 144 valence electrons. The van der Waals surface area contributed by atoms with Crippen molar-refractivity contribution in [2.45, 2.75) is 25.3 Å². The molecular weight excluding hydrogens is 394 g/mol. The van der Waals surface area contributed by atoms with Gasteiger partial charge in [0.2, 0.25) is 5.91 Å². The van der Waals surface area contributed by atoms with Gasteiger partial charge >= 0.3 is 0 Å². The van der Waals surface area contributed by atoms with E-state index in [0.717, 1.165) is 34.6 Å². The summed E-state index contributed by atoms with van der Waals surface area (Å²) in [6, 6.07) is 15.0. The summed E-state index contributed by atoms with van der Waals surface area (Å²) < 4.78 is 1.14. The number of thiazole rings is 1. The predicted molar refractivity (Wildman–Crippen MR) is 112 cm³/mol. The summed E-state index contributed by atoms with van der Waals surface area (Å²) in [6.45, 7) is 1.02. The van der Waals surface area contributed by atoms with Gasteiger partial charge in [-0.2, -0.15) is 0 Å². The van der Waals surface area contributed by atoms with Gasteiger partial charge in [-0.05, 0) is 37.1 Å². The Kier molecular flexibility index (Phi) is 5.59. The van der Waals surface area contributed by atoms with Crippen LogP contribution in [0.4, 0.5) is 0 Å². The van der Waals surface area contributed by atoms with Crippen molar-refractivity contribution in [3.8, 4) is 0 Å². The van der Waals surface area contributed by atoms with Gasteiger partial charge in [0.05, 0.1) is 26.8 Å². The fourth-order valence-corrected chi connectivity index (χ4v) is 4.86. The van der Waals surface area contributed by atoms with Gasteiger partial charge in [-0.1, -0.05) is 35.9 Å². The quantitative estimate of drug-likeness (QED) is 0.672. The lowest BCUT2D eigenvalue weighted by molar-refractivity contribution is -0.132. The summed E-state index contributed by atoms with van der Waals surface area (Å²) in [6.07, 6.45) is 2.16. The highest BCUT2D eigenvalue weighted by Gasteiger charge is 2.31. The van der Waals surface area contributed by atoms with Crippen LogP contribution >= 0.6 is 22.9 Å². The second-order valence-corrected chi connectivity index (χ2v) is 8.22. The molecule has 0 saturated carbocycles. The molecule has 28 heavy (non-hydrogen) atoms. The first-order chi connectivity index (χ1) is 13.6. The SMILES string of the molecule is O=C(NCCC(=O)N1CCC[C@@H]1c1nc2ccccc2s1)c1ccccc1Cl. The molecule has 2 aromatic carbocycles. The van der Waals surface area contributed by atoms with E-state index in [0.29, 0.717) is 10.6 Å². The van der Waals surface area contributed by atoms with Crippen LogP contribution in [0.1, 0.15) is 40.7 Å². The number of carbonyl (C=O) groups is 2. The molecule has 2 amide bonds. The average molecular weight is 414 g/mol. The molecule has 0 bridgehead atoms. The van der Waals surface area contributed by atoms with Crippen molar-refractivity contribution in [1.82, 2.24) is 15.2 Å². The monoisotopic (exact) mass is 413 g/mol. The summed E-state index contributed by atoms with van der Waals surface area (Å²) >= 11 is 7.70. The minimum absolute atomic E-state index is 0.0316.